The van der Waals surface area contributed by atoms with E-state index in [1.54, 1.807) is 31.2 Å². The molecular formula is C33H25ClF3N3O2. The van der Waals surface area contributed by atoms with E-state index in [1.165, 1.54) is 17.0 Å². The summed E-state index contributed by atoms with van der Waals surface area (Å²) >= 11 is 6.06. The van der Waals surface area contributed by atoms with Gasteiger partial charge >= 0.3 is 12.2 Å². The van der Waals surface area contributed by atoms with Crippen molar-refractivity contribution in [2.45, 2.75) is 38.0 Å². The van der Waals surface area contributed by atoms with E-state index in [-0.39, 0.29) is 18.7 Å². The predicted octanol–water partition coefficient (Wildman–Crippen LogP) is 7.79. The highest BCUT2D eigenvalue weighted by Crippen LogP contribution is 2.40. The third kappa shape index (κ3) is 5.61. The van der Waals surface area contributed by atoms with Gasteiger partial charge in [-0.15, -0.1) is 0 Å². The van der Waals surface area contributed by atoms with E-state index in [1.807, 2.05) is 54.6 Å². The van der Waals surface area contributed by atoms with Crippen LogP contribution in [-0.4, -0.2) is 22.4 Å². The van der Waals surface area contributed by atoms with E-state index in [9.17, 15) is 28.0 Å². The molecule has 1 unspecified atom stereocenters. The van der Waals surface area contributed by atoms with Gasteiger partial charge in [-0.05, 0) is 65.9 Å². The van der Waals surface area contributed by atoms with Crippen molar-refractivity contribution < 1.29 is 22.8 Å². The molecule has 0 bridgehead atoms. The molecule has 1 fully saturated rings. The zero-order chi connectivity index (χ0) is 30.1. The maximum atomic E-state index is 14.1. The Labute approximate surface area is 246 Å². The van der Waals surface area contributed by atoms with E-state index in [4.69, 9.17) is 11.6 Å². The quantitative estimate of drug-likeness (QED) is 0.207. The van der Waals surface area contributed by atoms with Gasteiger partial charge in [0.15, 0.2) is 0 Å². The number of hydrogen-bond donors (Lipinski definition) is 0. The number of alkyl halides is 3. The second-order valence-electron chi connectivity index (χ2n) is 10.4. The summed E-state index contributed by atoms with van der Waals surface area (Å²) in [6.07, 6.45) is -4.15. The Kier molecular flexibility index (Phi) is 7.81. The molecule has 0 aliphatic carbocycles. The van der Waals surface area contributed by atoms with Crippen LogP contribution in [0.4, 0.5) is 23.7 Å². The Bertz CT molecular complexity index is 1680. The Morgan fingerprint density at radius 2 is 1.50 bits per heavy atom. The number of carbonyl (C=O) groups is 2. The van der Waals surface area contributed by atoms with Gasteiger partial charge < -0.3 is 4.90 Å². The Balaban J connectivity index is 1.58. The van der Waals surface area contributed by atoms with Crippen molar-refractivity contribution in [1.29, 1.82) is 5.26 Å². The zero-order valence-corrected chi connectivity index (χ0v) is 23.3. The van der Waals surface area contributed by atoms with Crippen LogP contribution >= 0.6 is 11.6 Å². The molecule has 5 rings (SSSR count). The van der Waals surface area contributed by atoms with Crippen molar-refractivity contribution in [2.75, 3.05) is 4.90 Å². The number of anilines is 1. The summed E-state index contributed by atoms with van der Waals surface area (Å²) in [5.41, 5.74) is 0.0575. The standard InChI is InChI=1S/C33H25ClF3N3O2/c1-32(19-23-11-14-27(34)15-12-23)30(41)40(28-16-13-25(20-38)29(18-28)33(35,36)37)31(42)39(32)21-26-10-6-5-9-24(26)17-22-7-3-2-4-8-22/h2-16,18H,17,19,21H2,1H3. The van der Waals surface area contributed by atoms with Crippen molar-refractivity contribution in [3.63, 3.8) is 0 Å². The highest BCUT2D eigenvalue weighted by molar-refractivity contribution is 6.30. The molecule has 5 nitrogen and oxygen atoms in total. The number of carbonyl (C=O) groups excluding carboxylic acids is 2. The summed E-state index contributed by atoms with van der Waals surface area (Å²) in [4.78, 5) is 30.3. The van der Waals surface area contributed by atoms with Crippen molar-refractivity contribution in [3.8, 4) is 6.07 Å². The third-order valence-electron chi connectivity index (χ3n) is 7.51. The highest BCUT2D eigenvalue weighted by atomic mass is 35.5. The number of benzene rings is 4. The summed E-state index contributed by atoms with van der Waals surface area (Å²) in [5, 5.41) is 9.73. The number of nitrogens with zero attached hydrogens (tertiary/aromatic N) is 3. The van der Waals surface area contributed by atoms with Gasteiger partial charge in [-0.3, -0.25) is 4.79 Å². The number of nitriles is 1. The summed E-state index contributed by atoms with van der Waals surface area (Å²) in [5.74, 6) is -0.666. The minimum Gasteiger partial charge on any atom is -0.305 e. The lowest BCUT2D eigenvalue weighted by atomic mass is 9.90. The Morgan fingerprint density at radius 3 is 2.14 bits per heavy atom. The fourth-order valence-corrected chi connectivity index (χ4v) is 5.42. The van der Waals surface area contributed by atoms with Crippen LogP contribution in [0.1, 0.15) is 40.3 Å². The predicted molar refractivity (Wildman–Crippen MR) is 154 cm³/mol. The van der Waals surface area contributed by atoms with Crippen LogP contribution in [0.25, 0.3) is 0 Å². The van der Waals surface area contributed by atoms with Gasteiger partial charge in [0.2, 0.25) is 0 Å². The first-order valence-corrected chi connectivity index (χ1v) is 13.5. The molecule has 3 amide bonds. The lowest BCUT2D eigenvalue weighted by Crippen LogP contribution is -2.48. The fourth-order valence-electron chi connectivity index (χ4n) is 5.29. The van der Waals surface area contributed by atoms with Gasteiger partial charge in [-0.1, -0.05) is 78.3 Å². The maximum Gasteiger partial charge on any atom is 0.417 e. The largest absolute Gasteiger partial charge is 0.417 e. The smallest absolute Gasteiger partial charge is 0.305 e. The minimum atomic E-state index is -4.85. The Morgan fingerprint density at radius 1 is 0.857 bits per heavy atom. The normalized spacial score (nSPS) is 17.0. The van der Waals surface area contributed by atoms with Crippen molar-refractivity contribution in [1.82, 2.24) is 4.90 Å². The molecule has 0 spiro atoms. The number of halogens is 4. The molecule has 212 valence electrons. The van der Waals surface area contributed by atoms with Crippen LogP contribution in [0.2, 0.25) is 5.02 Å². The minimum absolute atomic E-state index is 0.0522. The van der Waals surface area contributed by atoms with E-state index in [0.717, 1.165) is 33.2 Å². The van der Waals surface area contributed by atoms with E-state index in [0.29, 0.717) is 17.5 Å². The lowest BCUT2D eigenvalue weighted by molar-refractivity contribution is -0.137. The van der Waals surface area contributed by atoms with E-state index in [2.05, 4.69) is 0 Å². The molecule has 4 aromatic rings. The van der Waals surface area contributed by atoms with Gasteiger partial charge in [-0.2, -0.15) is 18.4 Å². The van der Waals surface area contributed by atoms with Crippen molar-refractivity contribution in [2.24, 2.45) is 0 Å². The fraction of sp³-hybridized carbons (Fsp3) is 0.182. The monoisotopic (exact) mass is 587 g/mol. The molecule has 1 saturated heterocycles. The summed E-state index contributed by atoms with van der Waals surface area (Å²) in [6.45, 7) is 1.67. The molecular weight excluding hydrogens is 563 g/mol. The van der Waals surface area contributed by atoms with E-state index < -0.39 is 34.8 Å². The van der Waals surface area contributed by atoms with Crippen molar-refractivity contribution in [3.05, 3.63) is 135 Å². The van der Waals surface area contributed by atoms with Gasteiger partial charge in [0.05, 0.1) is 22.9 Å². The first kappa shape index (κ1) is 28.9. The van der Waals surface area contributed by atoms with Crippen LogP contribution in [-0.2, 0) is 30.4 Å². The average Bonchev–Trinajstić information content (AvgIpc) is 3.15. The van der Waals surface area contributed by atoms with Crippen LogP contribution in [0.5, 0.6) is 0 Å². The summed E-state index contributed by atoms with van der Waals surface area (Å²) in [6, 6.07) is 27.9. The second kappa shape index (κ2) is 11.3. The van der Waals surface area contributed by atoms with Crippen LogP contribution in [0, 0.1) is 11.3 Å². The third-order valence-corrected chi connectivity index (χ3v) is 7.77. The van der Waals surface area contributed by atoms with Crippen LogP contribution < -0.4 is 4.90 Å². The average molecular weight is 588 g/mol. The number of urea groups is 1. The molecule has 0 N–H and O–H groups in total. The number of imide groups is 1. The first-order valence-electron chi connectivity index (χ1n) is 13.1. The molecule has 0 saturated carbocycles. The maximum absolute atomic E-state index is 14.1. The van der Waals surface area contributed by atoms with Crippen molar-refractivity contribution >= 4 is 29.2 Å². The molecule has 0 aromatic heterocycles. The van der Waals surface area contributed by atoms with Gasteiger partial charge in [0, 0.05) is 18.0 Å². The Hall–Kier alpha value is -4.61. The number of hydrogen-bond acceptors (Lipinski definition) is 3. The van der Waals surface area contributed by atoms with Crippen LogP contribution in [0.3, 0.4) is 0 Å². The molecule has 1 atom stereocenters. The highest BCUT2D eigenvalue weighted by Gasteiger charge is 2.55. The molecule has 4 aromatic carbocycles. The molecule has 42 heavy (non-hydrogen) atoms. The summed E-state index contributed by atoms with van der Waals surface area (Å²) < 4.78 is 41.4. The topological polar surface area (TPSA) is 64.4 Å². The van der Waals surface area contributed by atoms with E-state index >= 15 is 0 Å². The molecule has 9 heteroatoms. The lowest BCUT2D eigenvalue weighted by Gasteiger charge is -2.32. The SMILES string of the molecule is CC1(Cc2ccc(Cl)cc2)C(=O)N(c2ccc(C#N)c(C(F)(F)F)c2)C(=O)N1Cc1ccccc1Cc1ccccc1. The zero-order valence-electron chi connectivity index (χ0n) is 22.5. The molecule has 1 heterocycles. The molecule has 0 radical (unpaired) electrons. The number of amides is 3. The van der Waals surface area contributed by atoms with Crippen LogP contribution in [0.15, 0.2) is 97.1 Å². The first-order chi connectivity index (χ1) is 20.0. The van der Waals surface area contributed by atoms with Gasteiger partial charge in [-0.25, -0.2) is 9.69 Å². The summed E-state index contributed by atoms with van der Waals surface area (Å²) in [7, 11) is 0. The number of rotatable bonds is 7. The molecule has 1 aliphatic rings. The van der Waals surface area contributed by atoms with Gasteiger partial charge in [0.25, 0.3) is 5.91 Å². The van der Waals surface area contributed by atoms with Gasteiger partial charge in [0.1, 0.15) is 5.54 Å². The molecule has 1 aliphatic heterocycles. The second-order valence-corrected chi connectivity index (χ2v) is 10.8.